The van der Waals surface area contributed by atoms with Crippen molar-refractivity contribution < 1.29 is 13.5 Å². The van der Waals surface area contributed by atoms with Crippen LogP contribution < -0.4 is 16.0 Å². The number of nitrogens with zero attached hydrogens (tertiary/aromatic N) is 2. The molecule has 1 heterocycles. The monoisotopic (exact) mass is 276 g/mol. The summed E-state index contributed by atoms with van der Waals surface area (Å²) < 4.78 is 31.9. The molecule has 0 aliphatic heterocycles. The molecule has 0 amide bonds. The van der Waals surface area contributed by atoms with E-state index in [1.807, 2.05) is 11.5 Å². The molecule has 1 aromatic carbocycles. The third kappa shape index (κ3) is 2.99. The van der Waals surface area contributed by atoms with Crippen LogP contribution in [-0.2, 0) is 6.42 Å². The third-order valence-electron chi connectivity index (χ3n) is 2.46. The van der Waals surface area contributed by atoms with Crippen LogP contribution in [0.1, 0.15) is 5.56 Å². The number of nitrogen functional groups attached to an aromatic ring is 1. The number of hydrogen-bond donors (Lipinski definition) is 2. The summed E-state index contributed by atoms with van der Waals surface area (Å²) in [7, 11) is 0. The number of halogens is 2. The van der Waals surface area contributed by atoms with E-state index >= 15 is 0 Å². The molecule has 2 rings (SSSR count). The lowest BCUT2D eigenvalue weighted by atomic mass is 10.2. The molecule has 0 spiro atoms. The molecular weight excluding hydrogens is 266 g/mol. The molecule has 7 heteroatoms. The Balaban J connectivity index is 2.23. The molecule has 0 atom stereocenters. The summed E-state index contributed by atoms with van der Waals surface area (Å²) in [5, 5.41) is 8.55. The smallest absolute Gasteiger partial charge is 0.258 e. The van der Waals surface area contributed by atoms with E-state index in [1.54, 1.807) is 24.3 Å². The predicted octanol–water partition coefficient (Wildman–Crippen LogP) is 2.50. The van der Waals surface area contributed by atoms with Crippen molar-refractivity contribution in [3.63, 3.8) is 0 Å². The van der Waals surface area contributed by atoms with E-state index in [-0.39, 0.29) is 12.2 Å². The van der Waals surface area contributed by atoms with Crippen LogP contribution in [0.15, 0.2) is 30.3 Å². The Morgan fingerprint density at radius 3 is 2.55 bits per heavy atom. The van der Waals surface area contributed by atoms with Crippen LogP contribution >= 0.6 is 0 Å². The molecule has 3 N–H and O–H groups in total. The van der Waals surface area contributed by atoms with E-state index in [4.69, 9.17) is 15.8 Å². The number of hydrogen-bond acceptors (Lipinski definition) is 5. The Labute approximate surface area is 113 Å². The number of ether oxygens (including phenoxy) is 1. The molecular formula is C13H10F2N4O. The molecule has 0 saturated carbocycles. The maximum atomic E-state index is 13.5. The summed E-state index contributed by atoms with van der Waals surface area (Å²) >= 11 is 0. The molecule has 102 valence electrons. The van der Waals surface area contributed by atoms with Crippen molar-refractivity contribution in [1.29, 1.82) is 5.26 Å². The van der Waals surface area contributed by atoms with Gasteiger partial charge in [-0.2, -0.15) is 10.2 Å². The molecule has 0 radical (unpaired) electrons. The van der Waals surface area contributed by atoms with Gasteiger partial charge in [-0.05, 0) is 17.7 Å². The minimum atomic E-state index is -0.942. The molecule has 0 saturated heterocycles. The first-order valence-corrected chi connectivity index (χ1v) is 5.60. The van der Waals surface area contributed by atoms with Gasteiger partial charge in [-0.3, -0.25) is 0 Å². The number of nitrogens with one attached hydrogen (secondary N) is 1. The number of aromatic nitrogens is 1. The fraction of sp³-hybridized carbons (Fsp3) is 0.0769. The van der Waals surface area contributed by atoms with Gasteiger partial charge in [0.1, 0.15) is 5.75 Å². The average molecular weight is 276 g/mol. The lowest BCUT2D eigenvalue weighted by Gasteiger charge is -2.08. The standard InChI is InChI=1S/C13H10F2N4O/c14-10-7-11(15)13(18-12(10)19-17)20-9-3-1-8(2-4-9)5-6-16/h1-4,7H,5,17H2,(H,18,19). The van der Waals surface area contributed by atoms with Crippen molar-refractivity contribution in [2.24, 2.45) is 5.84 Å². The maximum absolute atomic E-state index is 13.5. The summed E-state index contributed by atoms with van der Waals surface area (Å²) in [6.45, 7) is 0. The van der Waals surface area contributed by atoms with Gasteiger partial charge in [-0.1, -0.05) is 12.1 Å². The molecule has 0 unspecified atom stereocenters. The van der Waals surface area contributed by atoms with Crippen molar-refractivity contribution in [3.8, 4) is 17.7 Å². The van der Waals surface area contributed by atoms with Crippen molar-refractivity contribution in [1.82, 2.24) is 4.98 Å². The van der Waals surface area contributed by atoms with E-state index in [1.165, 1.54) is 0 Å². The minimum absolute atomic E-state index is 0.269. The summed E-state index contributed by atoms with van der Waals surface area (Å²) in [6.07, 6.45) is 0.269. The fourth-order valence-corrected chi connectivity index (χ4v) is 1.50. The molecule has 0 fully saturated rings. The Morgan fingerprint density at radius 2 is 1.95 bits per heavy atom. The van der Waals surface area contributed by atoms with Crippen molar-refractivity contribution >= 4 is 5.82 Å². The quantitative estimate of drug-likeness (QED) is 0.662. The fourth-order valence-electron chi connectivity index (χ4n) is 1.50. The number of anilines is 1. The highest BCUT2D eigenvalue weighted by Gasteiger charge is 2.13. The molecule has 0 aliphatic rings. The van der Waals surface area contributed by atoms with Gasteiger partial charge in [0.15, 0.2) is 17.5 Å². The van der Waals surface area contributed by atoms with E-state index < -0.39 is 17.5 Å². The first-order chi connectivity index (χ1) is 9.63. The number of nitriles is 1. The highest BCUT2D eigenvalue weighted by molar-refractivity contribution is 5.40. The average Bonchev–Trinajstić information content (AvgIpc) is 2.44. The summed E-state index contributed by atoms with van der Waals surface area (Å²) in [5.41, 5.74) is 2.81. The Hall–Kier alpha value is -2.72. The van der Waals surface area contributed by atoms with Crippen LogP contribution in [0.5, 0.6) is 11.6 Å². The topological polar surface area (TPSA) is 84.0 Å². The lowest BCUT2D eigenvalue weighted by molar-refractivity contribution is 0.418. The second kappa shape index (κ2) is 5.95. The van der Waals surface area contributed by atoms with Crippen molar-refractivity contribution in [2.75, 3.05) is 5.43 Å². The van der Waals surface area contributed by atoms with Crippen LogP contribution in [0.3, 0.4) is 0 Å². The number of nitrogens with two attached hydrogens (primary N) is 1. The summed E-state index contributed by atoms with van der Waals surface area (Å²) in [6, 6.07) is 9.09. The zero-order valence-corrected chi connectivity index (χ0v) is 10.2. The van der Waals surface area contributed by atoms with Gasteiger partial charge < -0.3 is 10.2 Å². The number of pyridine rings is 1. The van der Waals surface area contributed by atoms with Gasteiger partial charge in [0.05, 0.1) is 12.5 Å². The van der Waals surface area contributed by atoms with Gasteiger partial charge in [0.2, 0.25) is 0 Å². The SMILES string of the molecule is N#CCc1ccc(Oc2nc(NN)c(F)cc2F)cc1. The zero-order chi connectivity index (χ0) is 14.5. The number of rotatable bonds is 4. The largest absolute Gasteiger partial charge is 0.436 e. The van der Waals surface area contributed by atoms with E-state index in [9.17, 15) is 8.78 Å². The first kappa shape index (κ1) is 13.7. The van der Waals surface area contributed by atoms with Gasteiger partial charge >= 0.3 is 0 Å². The Kier molecular flexibility index (Phi) is 4.08. The normalized spacial score (nSPS) is 9.90. The van der Waals surface area contributed by atoms with Crippen molar-refractivity contribution in [2.45, 2.75) is 6.42 Å². The number of benzene rings is 1. The predicted molar refractivity (Wildman–Crippen MR) is 67.8 cm³/mol. The Bertz CT molecular complexity index is 653. The van der Waals surface area contributed by atoms with E-state index in [0.717, 1.165) is 5.56 Å². The van der Waals surface area contributed by atoms with E-state index in [2.05, 4.69) is 4.98 Å². The van der Waals surface area contributed by atoms with Gasteiger partial charge in [0, 0.05) is 6.07 Å². The molecule has 5 nitrogen and oxygen atoms in total. The molecule has 2 aromatic rings. The summed E-state index contributed by atoms with van der Waals surface area (Å²) in [5.74, 6) is 2.80. The van der Waals surface area contributed by atoms with Gasteiger partial charge in [-0.25, -0.2) is 14.6 Å². The second-order valence-corrected chi connectivity index (χ2v) is 3.83. The zero-order valence-electron chi connectivity index (χ0n) is 10.2. The maximum Gasteiger partial charge on any atom is 0.258 e. The third-order valence-corrected chi connectivity index (χ3v) is 2.46. The lowest BCUT2D eigenvalue weighted by Crippen LogP contribution is -2.11. The van der Waals surface area contributed by atoms with Crippen LogP contribution in [0.2, 0.25) is 0 Å². The highest BCUT2D eigenvalue weighted by atomic mass is 19.1. The Morgan fingerprint density at radius 1 is 1.25 bits per heavy atom. The van der Waals surface area contributed by atoms with Crippen LogP contribution in [0.4, 0.5) is 14.6 Å². The molecule has 1 aromatic heterocycles. The first-order valence-electron chi connectivity index (χ1n) is 5.60. The van der Waals surface area contributed by atoms with Crippen LogP contribution in [0.25, 0.3) is 0 Å². The second-order valence-electron chi connectivity index (χ2n) is 3.83. The van der Waals surface area contributed by atoms with Gasteiger partial charge in [0.25, 0.3) is 5.88 Å². The highest BCUT2D eigenvalue weighted by Crippen LogP contribution is 2.25. The van der Waals surface area contributed by atoms with Gasteiger partial charge in [-0.15, -0.1) is 0 Å². The van der Waals surface area contributed by atoms with Crippen molar-refractivity contribution in [3.05, 3.63) is 47.5 Å². The van der Waals surface area contributed by atoms with Crippen LogP contribution in [0, 0.1) is 23.0 Å². The molecule has 0 bridgehead atoms. The summed E-state index contributed by atoms with van der Waals surface area (Å²) in [4.78, 5) is 3.58. The number of hydrazine groups is 1. The minimum Gasteiger partial charge on any atom is -0.436 e. The molecule has 20 heavy (non-hydrogen) atoms. The van der Waals surface area contributed by atoms with E-state index in [0.29, 0.717) is 11.8 Å². The molecule has 0 aliphatic carbocycles. The van der Waals surface area contributed by atoms with Crippen LogP contribution in [-0.4, -0.2) is 4.98 Å².